The van der Waals surface area contributed by atoms with Gasteiger partial charge in [-0.2, -0.15) is 0 Å². The predicted molar refractivity (Wildman–Crippen MR) is 161 cm³/mol. The predicted octanol–water partition coefficient (Wildman–Crippen LogP) is 3.66. The minimum Gasteiger partial charge on any atom is -0.353 e. The molecule has 3 aromatic carbocycles. The third-order valence-corrected chi connectivity index (χ3v) is 6.57. The molecule has 8 nitrogen and oxygen atoms in total. The Labute approximate surface area is 246 Å². The molecule has 0 aliphatic rings. The third kappa shape index (κ3) is 10.6. The van der Waals surface area contributed by atoms with Crippen LogP contribution in [0.3, 0.4) is 0 Å². The number of nitrogens with one attached hydrogen (secondary N) is 4. The van der Waals surface area contributed by atoms with Crippen molar-refractivity contribution >= 4 is 24.0 Å². The summed E-state index contributed by atoms with van der Waals surface area (Å²) < 4.78 is 13.3. The van der Waals surface area contributed by atoms with Gasteiger partial charge in [-0.1, -0.05) is 54.6 Å². The average Bonchev–Trinajstić information content (AvgIpc) is 2.98. The molecule has 0 aliphatic heterocycles. The Bertz CT molecular complexity index is 1340. The Kier molecular flexibility index (Phi) is 11.9. The molecule has 0 spiro atoms. The van der Waals surface area contributed by atoms with Crippen molar-refractivity contribution in [2.45, 2.75) is 45.2 Å². The fraction of sp³-hybridized carbons (Fsp3) is 0.333. The van der Waals surface area contributed by atoms with Gasteiger partial charge in [0.25, 0.3) is 5.91 Å². The molecule has 0 aromatic heterocycles. The molecule has 3 aromatic rings. The van der Waals surface area contributed by atoms with Crippen molar-refractivity contribution in [3.63, 3.8) is 0 Å². The zero-order valence-electron chi connectivity index (χ0n) is 24.3. The van der Waals surface area contributed by atoms with Gasteiger partial charge < -0.3 is 26.1 Å². The third-order valence-electron chi connectivity index (χ3n) is 6.57. The van der Waals surface area contributed by atoms with Crippen molar-refractivity contribution in [3.05, 3.63) is 95.8 Å². The van der Waals surface area contributed by atoms with Crippen LogP contribution in [0, 0.1) is 11.7 Å². The summed E-state index contributed by atoms with van der Waals surface area (Å²) in [6.45, 7) is 6.26. The number of hydrogen-bond donors (Lipinski definition) is 4. The van der Waals surface area contributed by atoms with E-state index < -0.39 is 17.9 Å². The summed E-state index contributed by atoms with van der Waals surface area (Å²) in [7, 11) is 0. The number of rotatable bonds is 14. The summed E-state index contributed by atoms with van der Waals surface area (Å²) in [4.78, 5) is 50.7. The van der Waals surface area contributed by atoms with E-state index in [0.717, 1.165) is 16.7 Å². The molecule has 0 heterocycles. The Hall–Kier alpha value is -4.37. The van der Waals surface area contributed by atoms with Crippen molar-refractivity contribution in [2.75, 3.05) is 19.6 Å². The van der Waals surface area contributed by atoms with Gasteiger partial charge in [-0.3, -0.25) is 14.4 Å². The van der Waals surface area contributed by atoms with E-state index in [4.69, 9.17) is 0 Å². The first-order valence-electron chi connectivity index (χ1n) is 14.0. The Morgan fingerprint density at radius 3 is 2.21 bits per heavy atom. The number of aldehydes is 1. The van der Waals surface area contributed by atoms with E-state index >= 15 is 0 Å². The largest absolute Gasteiger partial charge is 0.353 e. The number of benzene rings is 3. The maximum atomic E-state index is 13.3. The van der Waals surface area contributed by atoms with Gasteiger partial charge in [-0.25, -0.2) is 4.39 Å². The molecule has 2 atom stereocenters. The van der Waals surface area contributed by atoms with Gasteiger partial charge >= 0.3 is 0 Å². The first-order valence-corrected chi connectivity index (χ1v) is 14.0. The summed E-state index contributed by atoms with van der Waals surface area (Å²) >= 11 is 0. The molecule has 0 saturated carbocycles. The zero-order valence-corrected chi connectivity index (χ0v) is 24.3. The number of carbonyl (C=O) groups is 4. The van der Waals surface area contributed by atoms with Gasteiger partial charge in [0.15, 0.2) is 0 Å². The van der Waals surface area contributed by atoms with Crippen molar-refractivity contribution in [1.29, 1.82) is 0 Å². The van der Waals surface area contributed by atoms with Crippen LogP contribution in [-0.2, 0) is 20.8 Å². The van der Waals surface area contributed by atoms with Crippen LogP contribution in [-0.4, -0.2) is 55.2 Å². The first kappa shape index (κ1) is 32.1. The molecule has 3 rings (SSSR count). The van der Waals surface area contributed by atoms with Crippen LogP contribution >= 0.6 is 0 Å². The van der Waals surface area contributed by atoms with Gasteiger partial charge in [0.2, 0.25) is 11.8 Å². The molecule has 3 amide bonds. The zero-order chi connectivity index (χ0) is 30.5. The summed E-state index contributed by atoms with van der Waals surface area (Å²) in [5.74, 6) is -2.32. The summed E-state index contributed by atoms with van der Waals surface area (Å²) in [6, 6.07) is 21.4. The number of amides is 3. The standard InChI is InChI=1S/C33H39FN4O4/c1-33(2,3)37-21-27(22-39)30(38-29(40)17-12-23-8-5-4-6-9-23)32(42)36-19-18-35-31(41)26-11-7-10-25(20-26)24-13-15-28(34)16-14-24/h4-11,13-16,20,22,27,30,37H,12,17-19,21H2,1-3H3,(H,35,41)(H,36,42)(H,38,40)/t27?,30-/m0/s1. The SMILES string of the molecule is CC(C)(C)NCC(C=O)[C@H](NC(=O)CCc1ccccc1)C(=O)NCCNC(=O)c1cccc(-c2ccc(F)cc2)c1. The van der Waals surface area contributed by atoms with Gasteiger partial charge in [-0.05, 0) is 68.1 Å². The molecule has 0 aliphatic carbocycles. The van der Waals surface area contributed by atoms with Crippen LogP contribution in [0.25, 0.3) is 11.1 Å². The van der Waals surface area contributed by atoms with Crippen LogP contribution < -0.4 is 21.3 Å². The van der Waals surface area contributed by atoms with Crippen molar-refractivity contribution < 1.29 is 23.6 Å². The Morgan fingerprint density at radius 2 is 1.55 bits per heavy atom. The second-order valence-electron chi connectivity index (χ2n) is 11.1. The second kappa shape index (κ2) is 15.6. The minimum absolute atomic E-state index is 0.0941. The monoisotopic (exact) mass is 574 g/mol. The summed E-state index contributed by atoms with van der Waals surface area (Å²) in [6.07, 6.45) is 1.34. The Morgan fingerprint density at radius 1 is 0.857 bits per heavy atom. The van der Waals surface area contributed by atoms with Crippen LogP contribution in [0.1, 0.15) is 43.1 Å². The quantitative estimate of drug-likeness (QED) is 0.173. The van der Waals surface area contributed by atoms with Crippen LogP contribution in [0.4, 0.5) is 4.39 Å². The normalized spacial score (nSPS) is 12.6. The van der Waals surface area contributed by atoms with Crippen LogP contribution in [0.2, 0.25) is 0 Å². The minimum atomic E-state index is -1.08. The van der Waals surface area contributed by atoms with E-state index in [0.29, 0.717) is 18.3 Å². The molecule has 0 saturated heterocycles. The lowest BCUT2D eigenvalue weighted by Gasteiger charge is -2.28. The lowest BCUT2D eigenvalue weighted by molar-refractivity contribution is -0.131. The Balaban J connectivity index is 1.57. The van der Waals surface area contributed by atoms with Crippen LogP contribution in [0.15, 0.2) is 78.9 Å². The molecule has 42 heavy (non-hydrogen) atoms. The molecule has 4 N–H and O–H groups in total. The molecule has 9 heteroatoms. The summed E-state index contributed by atoms with van der Waals surface area (Å²) in [5, 5.41) is 11.5. The molecule has 222 valence electrons. The van der Waals surface area contributed by atoms with E-state index in [1.165, 1.54) is 12.1 Å². The lowest BCUT2D eigenvalue weighted by atomic mass is 9.98. The van der Waals surface area contributed by atoms with Gasteiger partial charge in [0.05, 0.1) is 5.92 Å². The second-order valence-corrected chi connectivity index (χ2v) is 11.1. The highest BCUT2D eigenvalue weighted by atomic mass is 19.1. The lowest BCUT2D eigenvalue weighted by Crippen LogP contribution is -2.55. The fourth-order valence-electron chi connectivity index (χ4n) is 4.24. The van der Waals surface area contributed by atoms with Gasteiger partial charge in [-0.15, -0.1) is 0 Å². The number of halogens is 1. The highest BCUT2D eigenvalue weighted by Crippen LogP contribution is 2.20. The topological polar surface area (TPSA) is 116 Å². The van der Waals surface area contributed by atoms with Crippen molar-refractivity contribution in [1.82, 2.24) is 21.3 Å². The highest BCUT2D eigenvalue weighted by Gasteiger charge is 2.30. The fourth-order valence-corrected chi connectivity index (χ4v) is 4.24. The number of carbonyl (C=O) groups excluding carboxylic acids is 4. The van der Waals surface area contributed by atoms with E-state index in [9.17, 15) is 23.6 Å². The van der Waals surface area contributed by atoms with E-state index in [2.05, 4.69) is 21.3 Å². The molecule has 1 unspecified atom stereocenters. The van der Waals surface area contributed by atoms with E-state index in [1.807, 2.05) is 57.2 Å². The highest BCUT2D eigenvalue weighted by molar-refractivity contribution is 5.95. The molecule has 0 fully saturated rings. The van der Waals surface area contributed by atoms with Gasteiger partial charge in [0.1, 0.15) is 18.1 Å². The molecular formula is C33H39FN4O4. The van der Waals surface area contributed by atoms with Crippen molar-refractivity contribution in [3.8, 4) is 11.1 Å². The van der Waals surface area contributed by atoms with E-state index in [-0.39, 0.29) is 49.2 Å². The smallest absolute Gasteiger partial charge is 0.251 e. The number of aryl methyl sites for hydroxylation is 1. The molecule has 0 radical (unpaired) electrons. The van der Waals surface area contributed by atoms with E-state index in [1.54, 1.807) is 30.3 Å². The molecular weight excluding hydrogens is 535 g/mol. The number of hydrogen-bond acceptors (Lipinski definition) is 5. The molecule has 0 bridgehead atoms. The first-order chi connectivity index (χ1) is 20.1. The van der Waals surface area contributed by atoms with Crippen molar-refractivity contribution in [2.24, 2.45) is 5.92 Å². The van der Waals surface area contributed by atoms with Crippen LogP contribution in [0.5, 0.6) is 0 Å². The average molecular weight is 575 g/mol. The summed E-state index contributed by atoms with van der Waals surface area (Å²) in [5.41, 5.74) is 2.67. The maximum Gasteiger partial charge on any atom is 0.251 e. The maximum absolute atomic E-state index is 13.3. The van der Waals surface area contributed by atoms with Gasteiger partial charge in [0, 0.05) is 37.2 Å².